The van der Waals surface area contributed by atoms with Gasteiger partial charge in [0, 0.05) is 38.7 Å². The molecule has 1 aliphatic rings. The highest BCUT2D eigenvalue weighted by Crippen LogP contribution is 2.17. The molecule has 0 bridgehead atoms. The van der Waals surface area contributed by atoms with Crippen LogP contribution in [0.2, 0.25) is 0 Å². The lowest BCUT2D eigenvalue weighted by Crippen LogP contribution is -2.36. The molecule has 6 nitrogen and oxygen atoms in total. The number of nitrogens with zero attached hydrogens (tertiary/aromatic N) is 2. The Kier molecular flexibility index (Phi) is 7.44. The van der Waals surface area contributed by atoms with E-state index in [1.165, 1.54) is 19.3 Å². The molecular weight excluding hydrogens is 316 g/mol. The van der Waals surface area contributed by atoms with Crippen molar-refractivity contribution < 1.29 is 9.59 Å². The quantitative estimate of drug-likeness (QED) is 0.589. The van der Waals surface area contributed by atoms with Crippen LogP contribution in [0.1, 0.15) is 50.5 Å². The van der Waals surface area contributed by atoms with Crippen LogP contribution in [-0.4, -0.2) is 38.2 Å². The van der Waals surface area contributed by atoms with Gasteiger partial charge in [-0.05, 0) is 30.5 Å². The van der Waals surface area contributed by atoms with Crippen LogP contribution in [0.15, 0.2) is 29.4 Å². The van der Waals surface area contributed by atoms with Gasteiger partial charge in [-0.25, -0.2) is 5.43 Å². The van der Waals surface area contributed by atoms with E-state index in [0.29, 0.717) is 0 Å². The number of anilines is 1. The normalized spacial score (nSPS) is 15.1. The standard InChI is InChI=1S/C19H28N4O2/c1-23(2)17-10-8-15(9-11-17)14-20-22-19(25)13-12-18(24)21-16-6-4-3-5-7-16/h8-11,14,16H,3-7,12-13H2,1-2H3,(H,21,24)(H,22,25)/b20-14+. The fraction of sp³-hybridized carbons (Fsp3) is 0.526. The molecule has 0 heterocycles. The largest absolute Gasteiger partial charge is 0.378 e. The maximum atomic E-state index is 11.9. The lowest BCUT2D eigenvalue weighted by Gasteiger charge is -2.22. The Balaban J connectivity index is 1.66. The number of hydrazone groups is 1. The lowest BCUT2D eigenvalue weighted by atomic mass is 9.95. The van der Waals surface area contributed by atoms with Crippen molar-refractivity contribution in [2.45, 2.75) is 51.0 Å². The summed E-state index contributed by atoms with van der Waals surface area (Å²) in [6, 6.07) is 8.12. The van der Waals surface area contributed by atoms with E-state index in [1.807, 2.05) is 43.3 Å². The summed E-state index contributed by atoms with van der Waals surface area (Å²) < 4.78 is 0. The number of amides is 2. The van der Waals surface area contributed by atoms with Crippen LogP contribution in [0, 0.1) is 0 Å². The van der Waals surface area contributed by atoms with E-state index in [-0.39, 0.29) is 30.7 Å². The minimum Gasteiger partial charge on any atom is -0.378 e. The number of benzene rings is 1. The first-order valence-electron chi connectivity index (χ1n) is 8.93. The molecule has 0 aromatic heterocycles. The second kappa shape index (κ2) is 9.81. The van der Waals surface area contributed by atoms with Gasteiger partial charge in [0.2, 0.25) is 11.8 Å². The zero-order valence-corrected chi connectivity index (χ0v) is 15.1. The summed E-state index contributed by atoms with van der Waals surface area (Å²) in [6.45, 7) is 0. The van der Waals surface area contributed by atoms with Crippen LogP contribution in [0.3, 0.4) is 0 Å². The van der Waals surface area contributed by atoms with Gasteiger partial charge in [0.05, 0.1) is 6.21 Å². The molecule has 1 fully saturated rings. The van der Waals surface area contributed by atoms with Gasteiger partial charge in [-0.3, -0.25) is 9.59 Å². The smallest absolute Gasteiger partial charge is 0.240 e. The van der Waals surface area contributed by atoms with Crippen LogP contribution in [0.25, 0.3) is 0 Å². The first-order chi connectivity index (χ1) is 12.0. The van der Waals surface area contributed by atoms with Crippen LogP contribution < -0.4 is 15.6 Å². The van der Waals surface area contributed by atoms with Crippen molar-refractivity contribution in [3.05, 3.63) is 29.8 Å². The molecule has 0 unspecified atom stereocenters. The van der Waals surface area contributed by atoms with Crippen LogP contribution in [0.4, 0.5) is 5.69 Å². The topological polar surface area (TPSA) is 73.8 Å². The summed E-state index contributed by atoms with van der Waals surface area (Å²) in [6.07, 6.45) is 7.66. The fourth-order valence-corrected chi connectivity index (χ4v) is 2.87. The second-order valence-corrected chi connectivity index (χ2v) is 6.68. The van der Waals surface area contributed by atoms with E-state index in [9.17, 15) is 9.59 Å². The molecule has 136 valence electrons. The highest BCUT2D eigenvalue weighted by atomic mass is 16.2. The van der Waals surface area contributed by atoms with E-state index in [2.05, 4.69) is 15.8 Å². The Bertz CT molecular complexity index is 590. The molecule has 1 aromatic rings. The third-order valence-corrected chi connectivity index (χ3v) is 4.36. The first kappa shape index (κ1) is 19.0. The molecule has 0 aliphatic heterocycles. The SMILES string of the molecule is CN(C)c1ccc(/C=N/NC(=O)CCC(=O)NC2CCCCC2)cc1. The van der Waals surface area contributed by atoms with Gasteiger partial charge in [0.15, 0.2) is 0 Å². The fourth-order valence-electron chi connectivity index (χ4n) is 2.87. The van der Waals surface area contributed by atoms with Crippen molar-refractivity contribution in [1.82, 2.24) is 10.7 Å². The average Bonchev–Trinajstić information content (AvgIpc) is 2.61. The van der Waals surface area contributed by atoms with Crippen molar-refractivity contribution >= 4 is 23.7 Å². The van der Waals surface area contributed by atoms with Gasteiger partial charge in [-0.2, -0.15) is 5.10 Å². The molecule has 2 rings (SSSR count). The Hall–Kier alpha value is -2.37. The molecule has 6 heteroatoms. The van der Waals surface area contributed by atoms with Gasteiger partial charge >= 0.3 is 0 Å². The summed E-state index contributed by atoms with van der Waals surface area (Å²) in [5.74, 6) is -0.301. The van der Waals surface area contributed by atoms with Crippen molar-refractivity contribution in [1.29, 1.82) is 0 Å². The Morgan fingerprint density at radius 2 is 1.72 bits per heavy atom. The van der Waals surface area contributed by atoms with Crippen LogP contribution in [0.5, 0.6) is 0 Å². The summed E-state index contributed by atoms with van der Waals surface area (Å²) in [7, 11) is 3.96. The minimum atomic E-state index is -0.250. The van der Waals surface area contributed by atoms with Gasteiger partial charge in [0.1, 0.15) is 0 Å². The van der Waals surface area contributed by atoms with E-state index in [4.69, 9.17) is 0 Å². The van der Waals surface area contributed by atoms with Gasteiger partial charge in [0.25, 0.3) is 0 Å². The third kappa shape index (κ3) is 6.95. The van der Waals surface area contributed by atoms with Crippen molar-refractivity contribution in [3.8, 4) is 0 Å². The molecule has 2 N–H and O–H groups in total. The Labute approximate surface area is 149 Å². The monoisotopic (exact) mass is 344 g/mol. The van der Waals surface area contributed by atoms with Crippen molar-refractivity contribution in [2.75, 3.05) is 19.0 Å². The molecule has 25 heavy (non-hydrogen) atoms. The predicted molar refractivity (Wildman–Crippen MR) is 101 cm³/mol. The molecule has 2 amide bonds. The summed E-state index contributed by atoms with van der Waals surface area (Å²) >= 11 is 0. The summed E-state index contributed by atoms with van der Waals surface area (Å²) in [5, 5.41) is 6.95. The number of carbonyl (C=O) groups excluding carboxylic acids is 2. The van der Waals surface area contributed by atoms with Crippen LogP contribution >= 0.6 is 0 Å². The van der Waals surface area contributed by atoms with E-state index in [1.54, 1.807) is 6.21 Å². The number of rotatable bonds is 7. The molecule has 1 saturated carbocycles. The number of hydrogen-bond donors (Lipinski definition) is 2. The van der Waals surface area contributed by atoms with Crippen molar-refractivity contribution in [2.24, 2.45) is 5.10 Å². The Morgan fingerprint density at radius 1 is 1.08 bits per heavy atom. The highest BCUT2D eigenvalue weighted by Gasteiger charge is 2.16. The Morgan fingerprint density at radius 3 is 2.36 bits per heavy atom. The van der Waals surface area contributed by atoms with Gasteiger partial charge in [-0.1, -0.05) is 31.4 Å². The van der Waals surface area contributed by atoms with Gasteiger partial charge in [-0.15, -0.1) is 0 Å². The summed E-state index contributed by atoms with van der Waals surface area (Å²) in [5.41, 5.74) is 4.47. The maximum Gasteiger partial charge on any atom is 0.240 e. The number of carbonyl (C=O) groups is 2. The van der Waals surface area contributed by atoms with E-state index < -0.39 is 0 Å². The molecular formula is C19H28N4O2. The number of nitrogens with one attached hydrogen (secondary N) is 2. The average molecular weight is 344 g/mol. The highest BCUT2D eigenvalue weighted by molar-refractivity contribution is 5.85. The summed E-state index contributed by atoms with van der Waals surface area (Å²) in [4.78, 5) is 25.6. The number of hydrogen-bond acceptors (Lipinski definition) is 4. The molecule has 1 aromatic carbocycles. The van der Waals surface area contributed by atoms with Crippen molar-refractivity contribution in [3.63, 3.8) is 0 Å². The predicted octanol–water partition coefficient (Wildman–Crippen LogP) is 2.43. The minimum absolute atomic E-state index is 0.0506. The molecule has 1 aliphatic carbocycles. The molecule has 0 radical (unpaired) electrons. The zero-order chi connectivity index (χ0) is 18.1. The molecule has 0 atom stereocenters. The van der Waals surface area contributed by atoms with Gasteiger partial charge < -0.3 is 10.2 Å². The second-order valence-electron chi connectivity index (χ2n) is 6.68. The first-order valence-corrected chi connectivity index (χ1v) is 8.93. The third-order valence-electron chi connectivity index (χ3n) is 4.36. The van der Waals surface area contributed by atoms with E-state index >= 15 is 0 Å². The zero-order valence-electron chi connectivity index (χ0n) is 15.1. The molecule has 0 saturated heterocycles. The van der Waals surface area contributed by atoms with Crippen LogP contribution in [-0.2, 0) is 9.59 Å². The molecule has 0 spiro atoms. The van der Waals surface area contributed by atoms with E-state index in [0.717, 1.165) is 24.1 Å². The lowest BCUT2D eigenvalue weighted by molar-refractivity contribution is -0.126. The maximum absolute atomic E-state index is 11.9.